The normalized spacial score (nSPS) is 10.1. The summed E-state index contributed by atoms with van der Waals surface area (Å²) in [5.41, 5.74) is 5.83. The number of anilines is 1. The number of rotatable bonds is 3. The fourth-order valence-corrected chi connectivity index (χ4v) is 2.28. The van der Waals surface area contributed by atoms with Gasteiger partial charge in [-0.05, 0) is 23.6 Å². The van der Waals surface area contributed by atoms with Crippen molar-refractivity contribution in [3.8, 4) is 0 Å². The van der Waals surface area contributed by atoms with Crippen LogP contribution in [0.3, 0.4) is 0 Å². The van der Waals surface area contributed by atoms with Gasteiger partial charge in [-0.2, -0.15) is 0 Å². The van der Waals surface area contributed by atoms with Crippen molar-refractivity contribution in [3.63, 3.8) is 0 Å². The molecular weight excluding hydrogens is 274 g/mol. The maximum absolute atomic E-state index is 11.9. The second-order valence-electron chi connectivity index (χ2n) is 3.35. The van der Waals surface area contributed by atoms with E-state index in [9.17, 15) is 9.59 Å². The third-order valence-electron chi connectivity index (χ3n) is 2.15. The third kappa shape index (κ3) is 2.66. The van der Waals surface area contributed by atoms with Gasteiger partial charge in [-0.15, -0.1) is 11.3 Å². The summed E-state index contributed by atoms with van der Waals surface area (Å²) >= 11 is 6.91. The molecule has 2 aromatic rings. The number of carbonyl (C=O) groups excluding carboxylic acids is 2. The van der Waals surface area contributed by atoms with Crippen molar-refractivity contribution in [2.45, 2.75) is 0 Å². The number of nitrogens with zero attached hydrogens (tertiary/aromatic N) is 1. The lowest BCUT2D eigenvalue weighted by molar-refractivity contribution is 0.100. The van der Waals surface area contributed by atoms with Crippen LogP contribution in [0.15, 0.2) is 29.8 Å². The molecular formula is C11H8ClN3O2S. The molecule has 0 aliphatic carbocycles. The summed E-state index contributed by atoms with van der Waals surface area (Å²) in [4.78, 5) is 26.8. The number of amides is 2. The van der Waals surface area contributed by atoms with Crippen molar-refractivity contribution in [1.29, 1.82) is 0 Å². The summed E-state index contributed by atoms with van der Waals surface area (Å²) in [6.07, 6.45) is 1.43. The second-order valence-corrected chi connectivity index (χ2v) is 4.65. The predicted octanol–water partition coefficient (Wildman–Crippen LogP) is 2.15. The lowest BCUT2D eigenvalue weighted by atomic mass is 10.2. The first kappa shape index (κ1) is 12.5. The van der Waals surface area contributed by atoms with E-state index in [0.29, 0.717) is 10.6 Å². The molecule has 0 aliphatic rings. The molecule has 5 nitrogen and oxygen atoms in total. The summed E-state index contributed by atoms with van der Waals surface area (Å²) in [7, 11) is 0. The zero-order valence-corrected chi connectivity index (χ0v) is 10.6. The first-order valence-corrected chi connectivity index (χ1v) is 6.14. The Bertz CT molecular complexity index is 612. The molecule has 0 radical (unpaired) electrons. The van der Waals surface area contributed by atoms with E-state index in [4.69, 9.17) is 17.3 Å². The molecule has 2 amide bonds. The lowest BCUT2D eigenvalue weighted by Crippen LogP contribution is -2.16. The van der Waals surface area contributed by atoms with Crippen LogP contribution in [-0.2, 0) is 0 Å². The number of hydrogen-bond acceptors (Lipinski definition) is 4. The molecule has 0 atom stereocenters. The number of pyridine rings is 1. The lowest BCUT2D eigenvalue weighted by Gasteiger charge is -2.04. The monoisotopic (exact) mass is 281 g/mol. The minimum atomic E-state index is -0.584. The third-order valence-corrected chi connectivity index (χ3v) is 3.18. The van der Waals surface area contributed by atoms with E-state index < -0.39 is 5.91 Å². The van der Waals surface area contributed by atoms with Crippen LogP contribution in [-0.4, -0.2) is 16.8 Å². The second kappa shape index (κ2) is 5.16. The number of aromatic nitrogens is 1. The molecule has 2 aromatic heterocycles. The van der Waals surface area contributed by atoms with E-state index in [1.54, 1.807) is 11.4 Å². The largest absolute Gasteiger partial charge is 0.366 e. The van der Waals surface area contributed by atoms with Crippen LogP contribution < -0.4 is 11.1 Å². The molecule has 7 heteroatoms. The zero-order chi connectivity index (χ0) is 13.1. The summed E-state index contributed by atoms with van der Waals surface area (Å²) in [5, 5.41) is 4.93. The van der Waals surface area contributed by atoms with Crippen LogP contribution in [0.25, 0.3) is 0 Å². The minimum absolute atomic E-state index is 0.226. The topological polar surface area (TPSA) is 85.1 Å². The van der Waals surface area contributed by atoms with Gasteiger partial charge in [0.15, 0.2) is 0 Å². The Morgan fingerprint density at radius 3 is 2.83 bits per heavy atom. The van der Waals surface area contributed by atoms with Crippen LogP contribution in [0, 0.1) is 0 Å². The van der Waals surface area contributed by atoms with Gasteiger partial charge in [0.25, 0.3) is 11.8 Å². The predicted molar refractivity (Wildman–Crippen MR) is 70.0 cm³/mol. The Labute approximate surface area is 112 Å². The molecule has 2 rings (SSSR count). The number of primary amides is 1. The molecule has 3 N–H and O–H groups in total. The average molecular weight is 282 g/mol. The Balaban J connectivity index is 2.21. The molecule has 18 heavy (non-hydrogen) atoms. The van der Waals surface area contributed by atoms with Gasteiger partial charge in [0.1, 0.15) is 10.2 Å². The van der Waals surface area contributed by atoms with Gasteiger partial charge in [0, 0.05) is 11.8 Å². The standard InChI is InChI=1S/C11H8ClN3O2S/c12-8-5-6(1-3-14-8)10(17)15-11-7(9(13)16)2-4-18-11/h1-5H,(H2,13,16)(H,15,17). The number of halogens is 1. The maximum atomic E-state index is 11.9. The number of nitrogens with one attached hydrogen (secondary N) is 1. The Morgan fingerprint density at radius 1 is 1.39 bits per heavy atom. The molecule has 0 aromatic carbocycles. The molecule has 0 saturated heterocycles. The molecule has 0 fully saturated rings. The molecule has 2 heterocycles. The van der Waals surface area contributed by atoms with Crippen LogP contribution in [0.2, 0.25) is 5.15 Å². The summed E-state index contributed by atoms with van der Waals surface area (Å²) in [6.45, 7) is 0. The fourth-order valence-electron chi connectivity index (χ4n) is 1.32. The van der Waals surface area contributed by atoms with Crippen molar-refractivity contribution in [3.05, 3.63) is 46.1 Å². The maximum Gasteiger partial charge on any atom is 0.256 e. The highest BCUT2D eigenvalue weighted by atomic mass is 35.5. The zero-order valence-electron chi connectivity index (χ0n) is 9.01. The van der Waals surface area contributed by atoms with Gasteiger partial charge >= 0.3 is 0 Å². The van der Waals surface area contributed by atoms with Crippen LogP contribution in [0.1, 0.15) is 20.7 Å². The SMILES string of the molecule is NC(=O)c1ccsc1NC(=O)c1ccnc(Cl)c1. The van der Waals surface area contributed by atoms with Gasteiger partial charge in [-0.25, -0.2) is 4.98 Å². The first-order chi connectivity index (χ1) is 8.58. The van der Waals surface area contributed by atoms with E-state index in [0.717, 1.165) is 0 Å². The highest BCUT2D eigenvalue weighted by molar-refractivity contribution is 7.14. The van der Waals surface area contributed by atoms with Gasteiger partial charge in [0.2, 0.25) is 0 Å². The van der Waals surface area contributed by atoms with E-state index in [1.807, 2.05) is 0 Å². The van der Waals surface area contributed by atoms with E-state index >= 15 is 0 Å². The van der Waals surface area contributed by atoms with Crippen molar-refractivity contribution < 1.29 is 9.59 Å². The average Bonchev–Trinajstić information content (AvgIpc) is 2.77. The van der Waals surface area contributed by atoms with Gasteiger partial charge in [-0.1, -0.05) is 11.6 Å². The minimum Gasteiger partial charge on any atom is -0.366 e. The van der Waals surface area contributed by atoms with Crippen molar-refractivity contribution in [2.24, 2.45) is 5.73 Å². The molecule has 0 bridgehead atoms. The summed E-state index contributed by atoms with van der Waals surface area (Å²) in [6, 6.07) is 4.52. The van der Waals surface area contributed by atoms with Crippen molar-refractivity contribution in [2.75, 3.05) is 5.32 Å². The summed E-state index contributed by atoms with van der Waals surface area (Å²) in [5.74, 6) is -0.955. The van der Waals surface area contributed by atoms with Crippen molar-refractivity contribution in [1.82, 2.24) is 4.98 Å². The molecule has 0 unspecified atom stereocenters. The molecule has 0 aliphatic heterocycles. The highest BCUT2D eigenvalue weighted by Crippen LogP contribution is 2.23. The van der Waals surface area contributed by atoms with Gasteiger partial charge in [0.05, 0.1) is 5.56 Å². The number of thiophene rings is 1. The molecule has 92 valence electrons. The number of carbonyl (C=O) groups is 2. The van der Waals surface area contributed by atoms with E-state index in [2.05, 4.69) is 10.3 Å². The Kier molecular flexibility index (Phi) is 3.59. The highest BCUT2D eigenvalue weighted by Gasteiger charge is 2.13. The van der Waals surface area contributed by atoms with Gasteiger partial charge in [-0.3, -0.25) is 9.59 Å². The van der Waals surface area contributed by atoms with Crippen molar-refractivity contribution >= 4 is 39.8 Å². The summed E-state index contributed by atoms with van der Waals surface area (Å²) < 4.78 is 0. The quantitative estimate of drug-likeness (QED) is 0.845. The number of nitrogens with two attached hydrogens (primary N) is 1. The van der Waals surface area contributed by atoms with Crippen LogP contribution in [0.5, 0.6) is 0 Å². The van der Waals surface area contributed by atoms with Gasteiger partial charge < -0.3 is 11.1 Å². The fraction of sp³-hybridized carbons (Fsp3) is 0. The number of hydrogen-bond donors (Lipinski definition) is 2. The Hall–Kier alpha value is -1.92. The molecule has 0 saturated carbocycles. The van der Waals surface area contributed by atoms with E-state index in [1.165, 1.54) is 29.7 Å². The van der Waals surface area contributed by atoms with E-state index in [-0.39, 0.29) is 16.6 Å². The van der Waals surface area contributed by atoms with Crippen LogP contribution >= 0.6 is 22.9 Å². The smallest absolute Gasteiger partial charge is 0.256 e. The van der Waals surface area contributed by atoms with Crippen LogP contribution in [0.4, 0.5) is 5.00 Å². The molecule has 0 spiro atoms. The Morgan fingerprint density at radius 2 is 2.17 bits per heavy atom. The first-order valence-electron chi connectivity index (χ1n) is 4.88.